The predicted octanol–water partition coefficient (Wildman–Crippen LogP) is 2.05. The molecule has 3 amide bonds. The summed E-state index contributed by atoms with van der Waals surface area (Å²) >= 11 is 0. The van der Waals surface area contributed by atoms with Gasteiger partial charge in [0.2, 0.25) is 5.91 Å². The average molecular weight is 390 g/mol. The zero-order valence-electron chi connectivity index (χ0n) is 15.9. The van der Waals surface area contributed by atoms with Crippen LogP contribution in [0.2, 0.25) is 0 Å². The molecule has 1 aromatic carbocycles. The normalized spacial score (nSPS) is 28.1. The Hall–Kier alpha value is -3.22. The minimum Gasteiger partial charge on any atom is -0.370 e. The molecular weight excluding hydrogens is 368 g/mol. The fourth-order valence-corrected chi connectivity index (χ4v) is 5.09. The zero-order chi connectivity index (χ0) is 20.1. The van der Waals surface area contributed by atoms with Crippen molar-refractivity contribution >= 4 is 34.8 Å². The lowest BCUT2D eigenvalue weighted by Gasteiger charge is -2.37. The fraction of sp³-hybridized carbons (Fsp3) is 0.364. The van der Waals surface area contributed by atoms with Crippen molar-refractivity contribution in [3.8, 4) is 0 Å². The molecule has 4 aliphatic rings. The van der Waals surface area contributed by atoms with Crippen LogP contribution in [0.1, 0.15) is 24.8 Å². The number of benzene rings is 1. The Morgan fingerprint density at radius 2 is 1.76 bits per heavy atom. The highest BCUT2D eigenvalue weighted by Gasteiger charge is 2.56. The van der Waals surface area contributed by atoms with Crippen molar-refractivity contribution in [3.63, 3.8) is 0 Å². The van der Waals surface area contributed by atoms with Gasteiger partial charge in [0.05, 0.1) is 18.1 Å². The summed E-state index contributed by atoms with van der Waals surface area (Å²) in [5, 5.41) is 6.33. The average Bonchev–Trinajstić information content (AvgIpc) is 3.22. The van der Waals surface area contributed by atoms with Crippen LogP contribution in [0.15, 0.2) is 47.7 Å². The first-order valence-electron chi connectivity index (χ1n) is 10.0. The molecule has 0 radical (unpaired) electrons. The van der Waals surface area contributed by atoms with Crippen LogP contribution in [0.4, 0.5) is 0 Å². The molecule has 6 rings (SSSR count). The minimum atomic E-state index is -0.364. The van der Waals surface area contributed by atoms with Crippen molar-refractivity contribution < 1.29 is 14.4 Å². The first-order valence-corrected chi connectivity index (χ1v) is 10.0. The number of allylic oxidation sites excluding steroid dienone is 2. The second kappa shape index (κ2) is 6.69. The molecule has 0 spiro atoms. The number of primary amides is 1. The molecule has 7 nitrogen and oxygen atoms in total. The van der Waals surface area contributed by atoms with E-state index in [0.717, 1.165) is 34.3 Å². The maximum absolute atomic E-state index is 12.9. The SMILES string of the molecule is NC(=O)CCn1cc(/C=N/N2C(=O)C3C4C=CC(CC4)C3C2=O)c2ccccc21. The number of carbonyl (C=O) groups excluding carboxylic acids is 3. The van der Waals surface area contributed by atoms with Crippen LogP contribution in [0.5, 0.6) is 0 Å². The van der Waals surface area contributed by atoms with Crippen molar-refractivity contribution in [2.24, 2.45) is 34.5 Å². The van der Waals surface area contributed by atoms with Gasteiger partial charge in [-0.3, -0.25) is 14.4 Å². The van der Waals surface area contributed by atoms with E-state index in [0.29, 0.717) is 6.54 Å². The Morgan fingerprint density at radius 3 is 2.38 bits per heavy atom. The van der Waals surface area contributed by atoms with Gasteiger partial charge in [-0.1, -0.05) is 30.4 Å². The van der Waals surface area contributed by atoms with Crippen LogP contribution >= 0.6 is 0 Å². The number of hydrogen-bond acceptors (Lipinski definition) is 4. The van der Waals surface area contributed by atoms with Gasteiger partial charge in [0.25, 0.3) is 11.8 Å². The predicted molar refractivity (Wildman–Crippen MR) is 108 cm³/mol. The highest BCUT2D eigenvalue weighted by molar-refractivity contribution is 6.07. The smallest absolute Gasteiger partial charge is 0.254 e. The monoisotopic (exact) mass is 390 g/mol. The molecular formula is C22H22N4O3. The molecule has 2 heterocycles. The van der Waals surface area contributed by atoms with E-state index in [-0.39, 0.29) is 47.8 Å². The number of aryl methyl sites for hydroxylation is 1. The number of rotatable bonds is 5. The van der Waals surface area contributed by atoms with E-state index in [2.05, 4.69) is 17.3 Å². The van der Waals surface area contributed by atoms with Crippen molar-refractivity contribution in [1.29, 1.82) is 0 Å². The van der Waals surface area contributed by atoms with E-state index in [1.54, 1.807) is 6.21 Å². The second-order valence-electron chi connectivity index (χ2n) is 8.09. The first-order chi connectivity index (χ1) is 14.0. The fourth-order valence-electron chi connectivity index (χ4n) is 5.09. The Balaban J connectivity index is 1.45. The maximum Gasteiger partial charge on any atom is 0.254 e. The van der Waals surface area contributed by atoms with Gasteiger partial charge in [-0.15, -0.1) is 0 Å². The van der Waals surface area contributed by atoms with Crippen LogP contribution < -0.4 is 5.73 Å². The number of para-hydroxylation sites is 1. The molecule has 29 heavy (non-hydrogen) atoms. The maximum atomic E-state index is 12.9. The lowest BCUT2D eigenvalue weighted by Crippen LogP contribution is -2.38. The van der Waals surface area contributed by atoms with E-state index < -0.39 is 0 Å². The first kappa shape index (κ1) is 17.8. The Bertz CT molecular complexity index is 1050. The number of imide groups is 1. The summed E-state index contributed by atoms with van der Waals surface area (Å²) in [6.07, 6.45) is 9.81. The molecule has 7 heteroatoms. The van der Waals surface area contributed by atoms with Crippen molar-refractivity contribution in [2.45, 2.75) is 25.8 Å². The molecule has 1 aromatic heterocycles. The Morgan fingerprint density at radius 1 is 1.10 bits per heavy atom. The number of fused-ring (bicyclic) bond motifs is 2. The molecule has 1 saturated carbocycles. The van der Waals surface area contributed by atoms with Gasteiger partial charge in [0.15, 0.2) is 0 Å². The highest BCUT2D eigenvalue weighted by Crippen LogP contribution is 2.49. The number of nitrogens with two attached hydrogens (primary N) is 1. The molecule has 148 valence electrons. The lowest BCUT2D eigenvalue weighted by molar-refractivity contribution is -0.140. The van der Waals surface area contributed by atoms with Gasteiger partial charge >= 0.3 is 0 Å². The summed E-state index contributed by atoms with van der Waals surface area (Å²) in [4.78, 5) is 37.0. The zero-order valence-corrected chi connectivity index (χ0v) is 15.9. The summed E-state index contributed by atoms with van der Waals surface area (Å²) < 4.78 is 1.94. The third-order valence-electron chi connectivity index (χ3n) is 6.47. The van der Waals surface area contributed by atoms with Gasteiger partial charge < -0.3 is 10.3 Å². The third kappa shape index (κ3) is 2.80. The van der Waals surface area contributed by atoms with Crippen molar-refractivity contribution in [1.82, 2.24) is 9.58 Å². The van der Waals surface area contributed by atoms with Crippen LogP contribution in [-0.2, 0) is 20.9 Å². The van der Waals surface area contributed by atoms with Crippen LogP contribution in [0, 0.1) is 23.7 Å². The summed E-state index contributed by atoms with van der Waals surface area (Å²) in [6.45, 7) is 0.463. The molecule has 1 saturated heterocycles. The molecule has 4 unspecified atom stereocenters. The highest BCUT2D eigenvalue weighted by atomic mass is 16.2. The molecule has 2 N–H and O–H groups in total. The van der Waals surface area contributed by atoms with E-state index in [4.69, 9.17) is 5.73 Å². The van der Waals surface area contributed by atoms with Crippen LogP contribution in [0.25, 0.3) is 10.9 Å². The number of hydrazone groups is 1. The number of nitrogens with zero attached hydrogens (tertiary/aromatic N) is 3. The van der Waals surface area contributed by atoms with E-state index in [9.17, 15) is 14.4 Å². The van der Waals surface area contributed by atoms with Crippen LogP contribution in [0.3, 0.4) is 0 Å². The summed E-state index contributed by atoms with van der Waals surface area (Å²) in [6, 6.07) is 7.75. The second-order valence-corrected chi connectivity index (χ2v) is 8.09. The summed E-state index contributed by atoms with van der Waals surface area (Å²) in [7, 11) is 0. The Labute approximate surface area is 167 Å². The van der Waals surface area contributed by atoms with Gasteiger partial charge in [0.1, 0.15) is 0 Å². The van der Waals surface area contributed by atoms with Crippen molar-refractivity contribution in [2.75, 3.05) is 0 Å². The standard InChI is InChI=1S/C22H22N4O3/c23-18(27)9-10-25-12-15(16-3-1-2-4-17(16)25)11-24-26-21(28)19-13-5-6-14(8-7-13)20(19)22(26)29/h1-6,11-14,19-20H,7-10H2,(H2,23,27)/b24-11+. The number of carbonyl (C=O) groups is 3. The lowest BCUT2D eigenvalue weighted by atomic mass is 9.63. The number of aromatic nitrogens is 1. The van der Waals surface area contributed by atoms with Crippen LogP contribution in [-0.4, -0.2) is 33.5 Å². The summed E-state index contributed by atoms with van der Waals surface area (Å²) in [5.74, 6) is -0.965. The van der Waals surface area contributed by atoms with E-state index in [1.807, 2.05) is 35.0 Å². The third-order valence-corrected chi connectivity index (χ3v) is 6.47. The minimum absolute atomic E-state index is 0.150. The van der Waals surface area contributed by atoms with Gasteiger partial charge in [-0.25, -0.2) is 0 Å². The quantitative estimate of drug-likeness (QED) is 0.481. The van der Waals surface area contributed by atoms with Gasteiger partial charge in [-0.2, -0.15) is 10.1 Å². The largest absolute Gasteiger partial charge is 0.370 e. The number of amides is 3. The van der Waals surface area contributed by atoms with Gasteiger partial charge in [-0.05, 0) is 30.7 Å². The molecule has 2 fully saturated rings. The van der Waals surface area contributed by atoms with Crippen molar-refractivity contribution in [3.05, 3.63) is 48.2 Å². The van der Waals surface area contributed by atoms with E-state index >= 15 is 0 Å². The molecule has 4 atom stereocenters. The molecule has 2 aromatic rings. The number of hydrogen-bond donors (Lipinski definition) is 1. The topological polar surface area (TPSA) is 97.8 Å². The van der Waals surface area contributed by atoms with Gasteiger partial charge in [0, 0.05) is 35.6 Å². The molecule has 3 aliphatic carbocycles. The Kier molecular flexibility index (Phi) is 4.12. The molecule has 1 aliphatic heterocycles. The van der Waals surface area contributed by atoms with E-state index in [1.165, 1.54) is 0 Å². The summed E-state index contributed by atoms with van der Waals surface area (Å²) in [5.41, 5.74) is 7.03. The molecule has 2 bridgehead atoms.